The number of hydrogen-bond acceptors (Lipinski definition) is 2. The zero-order valence-electron chi connectivity index (χ0n) is 16.1. The monoisotopic (exact) mass is 349 g/mol. The summed E-state index contributed by atoms with van der Waals surface area (Å²) >= 11 is 0. The fourth-order valence-electron chi connectivity index (χ4n) is 3.68. The summed E-state index contributed by atoms with van der Waals surface area (Å²) in [7, 11) is 0.172. The number of ether oxygens (including phenoxy) is 1. The van der Waals surface area contributed by atoms with Gasteiger partial charge in [-0.15, -0.1) is 0 Å². The molecular formula is C21H33O2S+. The van der Waals surface area contributed by atoms with Crippen LogP contribution in [0.25, 0.3) is 0 Å². The highest BCUT2D eigenvalue weighted by molar-refractivity contribution is 7.98. The summed E-state index contributed by atoms with van der Waals surface area (Å²) in [5, 5.41) is 0.164. The molecule has 2 nitrogen and oxygen atoms in total. The molecule has 1 aromatic rings. The first-order chi connectivity index (χ1) is 11.4. The van der Waals surface area contributed by atoms with Crippen molar-refractivity contribution in [2.75, 3.05) is 24.7 Å². The van der Waals surface area contributed by atoms with E-state index >= 15 is 0 Å². The molecule has 0 bridgehead atoms. The first-order valence-electron chi connectivity index (χ1n) is 9.29. The normalized spacial score (nSPS) is 17.5. The molecule has 0 aromatic heterocycles. The van der Waals surface area contributed by atoms with Crippen molar-refractivity contribution in [1.82, 2.24) is 0 Å². The van der Waals surface area contributed by atoms with Gasteiger partial charge in [-0.05, 0) is 54.0 Å². The molecular weight excluding hydrogens is 316 g/mol. The van der Waals surface area contributed by atoms with Crippen molar-refractivity contribution in [1.29, 1.82) is 0 Å². The van der Waals surface area contributed by atoms with E-state index in [9.17, 15) is 4.79 Å². The minimum absolute atomic E-state index is 0.164. The molecule has 1 aromatic carbocycles. The van der Waals surface area contributed by atoms with Crippen LogP contribution in [0.4, 0.5) is 0 Å². The molecule has 0 amide bonds. The average molecular weight is 350 g/mol. The van der Waals surface area contributed by atoms with Crippen LogP contribution in [0.5, 0.6) is 0 Å². The predicted molar refractivity (Wildman–Crippen MR) is 106 cm³/mol. The maximum Gasteiger partial charge on any atom is 0.214 e. The van der Waals surface area contributed by atoms with Crippen LogP contribution in [-0.4, -0.2) is 35.8 Å². The highest BCUT2D eigenvalue weighted by Gasteiger charge is 2.37. The van der Waals surface area contributed by atoms with Crippen LogP contribution in [0, 0.1) is 6.92 Å². The molecule has 1 fully saturated rings. The van der Waals surface area contributed by atoms with Gasteiger partial charge in [0.05, 0.1) is 13.2 Å². The van der Waals surface area contributed by atoms with Gasteiger partial charge in [0.2, 0.25) is 5.78 Å². The molecule has 0 aliphatic carbocycles. The van der Waals surface area contributed by atoms with Crippen LogP contribution in [0.1, 0.15) is 79.9 Å². The van der Waals surface area contributed by atoms with Gasteiger partial charge in [-0.3, -0.25) is 4.79 Å². The first kappa shape index (κ1) is 19.5. The van der Waals surface area contributed by atoms with Gasteiger partial charge in [-0.2, -0.15) is 0 Å². The zero-order valence-corrected chi connectivity index (χ0v) is 17.0. The summed E-state index contributed by atoms with van der Waals surface area (Å²) < 4.78 is 5.49. The molecule has 1 aliphatic heterocycles. The van der Waals surface area contributed by atoms with Gasteiger partial charge >= 0.3 is 0 Å². The summed E-state index contributed by atoms with van der Waals surface area (Å²) in [5.41, 5.74) is 4.95. The topological polar surface area (TPSA) is 26.3 Å². The maximum atomic E-state index is 13.3. The number of ketones is 1. The van der Waals surface area contributed by atoms with Crippen molar-refractivity contribution >= 4 is 16.7 Å². The molecule has 1 unspecified atom stereocenters. The Labute approximate surface area is 150 Å². The average Bonchev–Trinajstić information content (AvgIpc) is 2.56. The van der Waals surface area contributed by atoms with E-state index in [1.165, 1.54) is 16.7 Å². The van der Waals surface area contributed by atoms with Crippen LogP contribution in [0.2, 0.25) is 0 Å². The first-order valence-corrected chi connectivity index (χ1v) is 10.9. The zero-order chi connectivity index (χ0) is 17.9. The molecule has 0 saturated carbocycles. The Bertz CT molecular complexity index is 542. The standard InChI is InChI=1S/C21H33O2S/c1-7-20(24-10-8-23-9-11-24)21(22)17-12-18(14(2)3)16(6)19(13-17)15(4)5/h12-15,20H,7-11H2,1-6H3/q+1. The van der Waals surface area contributed by atoms with Crippen LogP contribution in [0.15, 0.2) is 12.1 Å². The molecule has 24 heavy (non-hydrogen) atoms. The number of hydrogen-bond donors (Lipinski definition) is 0. The second kappa shape index (κ2) is 8.53. The molecule has 1 heterocycles. The molecule has 3 heteroatoms. The predicted octanol–water partition coefficient (Wildman–Crippen LogP) is 4.85. The highest BCUT2D eigenvalue weighted by Crippen LogP contribution is 2.30. The van der Waals surface area contributed by atoms with Gasteiger partial charge in [0.15, 0.2) is 5.25 Å². The number of rotatable bonds is 6. The second-order valence-corrected chi connectivity index (χ2v) is 9.87. The van der Waals surface area contributed by atoms with Crippen LogP contribution in [-0.2, 0) is 15.6 Å². The minimum Gasteiger partial charge on any atom is -0.372 e. The van der Waals surface area contributed by atoms with Crippen molar-refractivity contribution in [3.05, 3.63) is 34.4 Å². The number of benzene rings is 1. The van der Waals surface area contributed by atoms with Gasteiger partial charge in [0.25, 0.3) is 0 Å². The van der Waals surface area contributed by atoms with Crippen molar-refractivity contribution in [3.63, 3.8) is 0 Å². The third kappa shape index (κ3) is 4.23. The molecule has 1 atom stereocenters. The Morgan fingerprint density at radius 3 is 2.00 bits per heavy atom. The SMILES string of the molecule is CCC(C(=O)c1cc(C(C)C)c(C)c(C(C)C)c1)[S+]1CCOCC1. The molecule has 0 spiro atoms. The van der Waals surface area contributed by atoms with Crippen LogP contribution >= 0.6 is 0 Å². The van der Waals surface area contributed by atoms with E-state index in [1.54, 1.807) is 0 Å². The van der Waals surface area contributed by atoms with E-state index in [-0.39, 0.29) is 16.1 Å². The fraction of sp³-hybridized carbons (Fsp3) is 0.667. The number of carbonyl (C=O) groups excluding carboxylic acids is 1. The van der Waals surface area contributed by atoms with Gasteiger partial charge in [-0.1, -0.05) is 34.6 Å². The smallest absolute Gasteiger partial charge is 0.214 e. The van der Waals surface area contributed by atoms with Gasteiger partial charge in [0.1, 0.15) is 11.5 Å². The van der Waals surface area contributed by atoms with E-state index < -0.39 is 0 Å². The molecule has 1 aliphatic rings. The Morgan fingerprint density at radius 1 is 1.08 bits per heavy atom. The van der Waals surface area contributed by atoms with E-state index in [0.29, 0.717) is 17.6 Å². The molecule has 2 rings (SSSR count). The lowest BCUT2D eigenvalue weighted by atomic mass is 9.86. The molecule has 134 valence electrons. The minimum atomic E-state index is 0.164. The van der Waals surface area contributed by atoms with E-state index in [2.05, 4.69) is 53.7 Å². The van der Waals surface area contributed by atoms with Crippen molar-refractivity contribution < 1.29 is 9.53 Å². The summed E-state index contributed by atoms with van der Waals surface area (Å²) in [4.78, 5) is 13.3. The summed E-state index contributed by atoms with van der Waals surface area (Å²) in [6.07, 6.45) is 0.934. The van der Waals surface area contributed by atoms with E-state index in [0.717, 1.165) is 36.7 Å². The number of carbonyl (C=O) groups is 1. The maximum absolute atomic E-state index is 13.3. The molecule has 1 saturated heterocycles. The lowest BCUT2D eigenvalue weighted by Crippen LogP contribution is -2.39. The van der Waals surface area contributed by atoms with E-state index in [1.807, 2.05) is 0 Å². The van der Waals surface area contributed by atoms with Crippen LogP contribution in [0.3, 0.4) is 0 Å². The Morgan fingerprint density at radius 2 is 1.58 bits per heavy atom. The number of Topliss-reactive ketones (excluding diaryl/α,β-unsaturated/α-hetero) is 1. The Hall–Kier alpha value is -0.800. The van der Waals surface area contributed by atoms with Gasteiger partial charge in [0, 0.05) is 16.5 Å². The van der Waals surface area contributed by atoms with Gasteiger partial charge < -0.3 is 4.74 Å². The summed E-state index contributed by atoms with van der Waals surface area (Å²) in [6, 6.07) is 4.33. The van der Waals surface area contributed by atoms with Gasteiger partial charge in [-0.25, -0.2) is 0 Å². The largest absolute Gasteiger partial charge is 0.372 e. The van der Waals surface area contributed by atoms with Crippen molar-refractivity contribution in [2.45, 2.75) is 65.0 Å². The molecule has 0 radical (unpaired) electrons. The Kier molecular flexibility index (Phi) is 6.94. The quantitative estimate of drug-likeness (QED) is 0.542. The summed E-state index contributed by atoms with van der Waals surface area (Å²) in [6.45, 7) is 14.9. The van der Waals surface area contributed by atoms with Crippen LogP contribution < -0.4 is 0 Å². The lowest BCUT2D eigenvalue weighted by molar-refractivity contribution is 0.0985. The third-order valence-electron chi connectivity index (χ3n) is 5.06. The second-order valence-electron chi connectivity index (χ2n) is 7.41. The molecule has 0 N–H and O–H groups in total. The Balaban J connectivity index is 2.39. The summed E-state index contributed by atoms with van der Waals surface area (Å²) in [5.74, 6) is 3.34. The lowest BCUT2D eigenvalue weighted by Gasteiger charge is -2.23. The fourth-order valence-corrected chi connectivity index (χ4v) is 6.03. The van der Waals surface area contributed by atoms with E-state index in [4.69, 9.17) is 4.74 Å². The van der Waals surface area contributed by atoms with Crippen molar-refractivity contribution in [2.24, 2.45) is 0 Å². The highest BCUT2D eigenvalue weighted by atomic mass is 32.2. The van der Waals surface area contributed by atoms with Crippen molar-refractivity contribution in [3.8, 4) is 0 Å². The third-order valence-corrected chi connectivity index (χ3v) is 7.80.